The molecule has 158 valence electrons. The number of halogens is 2. The zero-order chi connectivity index (χ0) is 20.6. The Kier molecular flexibility index (Phi) is 8.85. The van der Waals surface area contributed by atoms with Crippen LogP contribution in [0.4, 0.5) is 10.1 Å². The summed E-state index contributed by atoms with van der Waals surface area (Å²) in [5, 5.41) is 6.09. The maximum Gasteiger partial charge on any atom is 0.291 e. The number of nitrogens with zero attached hydrogens (tertiary/aromatic N) is 2. The molecule has 0 fully saturated rings. The van der Waals surface area contributed by atoms with Gasteiger partial charge >= 0.3 is 0 Å². The number of aliphatic imine (C=N–C) groups is 1. The number of carbonyl (C=O) groups is 1. The summed E-state index contributed by atoms with van der Waals surface area (Å²) in [6.07, 6.45) is 1.46. The number of hydrogen-bond acceptors (Lipinski definition) is 3. The highest BCUT2D eigenvalue weighted by atomic mass is 127. The van der Waals surface area contributed by atoms with Gasteiger partial charge in [0.15, 0.2) is 11.7 Å². The van der Waals surface area contributed by atoms with E-state index < -0.39 is 0 Å². The molecule has 0 spiro atoms. The van der Waals surface area contributed by atoms with Gasteiger partial charge in [0.25, 0.3) is 5.91 Å². The van der Waals surface area contributed by atoms with E-state index >= 15 is 0 Å². The summed E-state index contributed by atoms with van der Waals surface area (Å²) in [5.74, 6) is 0.380. The van der Waals surface area contributed by atoms with Gasteiger partial charge in [0, 0.05) is 32.9 Å². The third kappa shape index (κ3) is 6.58. The van der Waals surface area contributed by atoms with Crippen LogP contribution in [0.2, 0.25) is 0 Å². The van der Waals surface area contributed by atoms with Crippen molar-refractivity contribution in [2.45, 2.75) is 13.1 Å². The zero-order valence-electron chi connectivity index (χ0n) is 16.8. The quantitative estimate of drug-likeness (QED) is 0.284. The molecule has 0 saturated carbocycles. The molecule has 0 saturated heterocycles. The topological polar surface area (TPSA) is 69.9 Å². The van der Waals surface area contributed by atoms with Crippen LogP contribution in [-0.2, 0) is 13.1 Å². The number of guanidine groups is 1. The van der Waals surface area contributed by atoms with Gasteiger partial charge in [0.1, 0.15) is 5.82 Å². The van der Waals surface area contributed by atoms with E-state index in [-0.39, 0.29) is 41.5 Å². The first kappa shape index (κ1) is 23.4. The molecule has 1 heterocycles. The minimum Gasteiger partial charge on any atom is -0.459 e. The Morgan fingerprint density at radius 3 is 2.57 bits per heavy atom. The molecule has 0 bridgehead atoms. The fourth-order valence-electron chi connectivity index (χ4n) is 2.91. The van der Waals surface area contributed by atoms with Gasteiger partial charge in [-0.3, -0.25) is 9.79 Å². The molecule has 0 atom stereocenters. The van der Waals surface area contributed by atoms with E-state index in [2.05, 4.69) is 15.6 Å². The lowest BCUT2D eigenvalue weighted by Gasteiger charge is -2.22. The summed E-state index contributed by atoms with van der Waals surface area (Å²) >= 11 is 0. The fourth-order valence-corrected chi connectivity index (χ4v) is 2.91. The Balaban J connectivity index is 0.00000320. The monoisotopic (exact) mass is 522 g/mol. The maximum absolute atomic E-state index is 13.4. The molecule has 2 aromatic carbocycles. The Morgan fingerprint density at radius 2 is 1.87 bits per heavy atom. The lowest BCUT2D eigenvalue weighted by Crippen LogP contribution is -2.38. The summed E-state index contributed by atoms with van der Waals surface area (Å²) in [7, 11) is 3.59. The molecular formula is C22H24FIN4O2. The van der Waals surface area contributed by atoms with E-state index in [0.717, 1.165) is 11.1 Å². The lowest BCUT2D eigenvalue weighted by atomic mass is 10.2. The first-order chi connectivity index (χ1) is 14.0. The van der Waals surface area contributed by atoms with Crippen molar-refractivity contribution >= 4 is 41.5 Å². The van der Waals surface area contributed by atoms with Crippen molar-refractivity contribution in [1.29, 1.82) is 0 Å². The van der Waals surface area contributed by atoms with Crippen LogP contribution in [0.3, 0.4) is 0 Å². The molecule has 3 aromatic rings. The van der Waals surface area contributed by atoms with Gasteiger partial charge in [0.2, 0.25) is 0 Å². The minimum atomic E-state index is -0.300. The van der Waals surface area contributed by atoms with Crippen LogP contribution in [0.5, 0.6) is 0 Å². The number of benzene rings is 2. The second-order valence-electron chi connectivity index (χ2n) is 6.52. The molecule has 0 unspecified atom stereocenters. The SMILES string of the molecule is CN=C(NCc1cccc(NC(=O)c2ccco2)c1)N(C)Cc1cccc(F)c1.I. The first-order valence-electron chi connectivity index (χ1n) is 9.15. The van der Waals surface area contributed by atoms with Crippen molar-refractivity contribution < 1.29 is 13.6 Å². The van der Waals surface area contributed by atoms with Crippen molar-refractivity contribution in [2.24, 2.45) is 4.99 Å². The van der Waals surface area contributed by atoms with E-state index in [0.29, 0.717) is 24.7 Å². The lowest BCUT2D eigenvalue weighted by molar-refractivity contribution is 0.0996. The van der Waals surface area contributed by atoms with E-state index in [1.165, 1.54) is 18.4 Å². The molecule has 1 amide bonds. The van der Waals surface area contributed by atoms with Gasteiger partial charge in [-0.05, 0) is 47.5 Å². The van der Waals surface area contributed by atoms with E-state index in [1.54, 1.807) is 25.2 Å². The number of carbonyl (C=O) groups excluding carboxylic acids is 1. The molecule has 0 aliphatic heterocycles. The molecule has 30 heavy (non-hydrogen) atoms. The number of anilines is 1. The van der Waals surface area contributed by atoms with Gasteiger partial charge in [-0.2, -0.15) is 0 Å². The zero-order valence-corrected chi connectivity index (χ0v) is 19.1. The molecule has 0 radical (unpaired) electrons. The van der Waals surface area contributed by atoms with Crippen molar-refractivity contribution in [3.63, 3.8) is 0 Å². The van der Waals surface area contributed by atoms with Crippen molar-refractivity contribution in [3.8, 4) is 0 Å². The van der Waals surface area contributed by atoms with E-state index in [9.17, 15) is 9.18 Å². The first-order valence-corrected chi connectivity index (χ1v) is 9.15. The van der Waals surface area contributed by atoms with Crippen LogP contribution in [0.1, 0.15) is 21.7 Å². The third-order valence-corrected chi connectivity index (χ3v) is 4.26. The summed E-state index contributed by atoms with van der Waals surface area (Å²) in [4.78, 5) is 18.3. The normalized spacial score (nSPS) is 10.8. The predicted octanol–water partition coefficient (Wildman–Crippen LogP) is 4.50. The highest BCUT2D eigenvalue weighted by Crippen LogP contribution is 2.13. The number of furan rings is 1. The Hall–Kier alpha value is -2.88. The van der Waals surface area contributed by atoms with Crippen LogP contribution in [0.15, 0.2) is 76.3 Å². The maximum atomic E-state index is 13.4. The highest BCUT2D eigenvalue weighted by Gasteiger charge is 2.10. The average molecular weight is 522 g/mol. The fraction of sp³-hybridized carbons (Fsp3) is 0.182. The van der Waals surface area contributed by atoms with Gasteiger partial charge in [-0.25, -0.2) is 4.39 Å². The number of nitrogens with one attached hydrogen (secondary N) is 2. The van der Waals surface area contributed by atoms with Crippen LogP contribution in [-0.4, -0.2) is 30.9 Å². The van der Waals surface area contributed by atoms with Crippen LogP contribution >= 0.6 is 24.0 Å². The van der Waals surface area contributed by atoms with Crippen LogP contribution < -0.4 is 10.6 Å². The minimum absolute atomic E-state index is 0. The summed E-state index contributed by atoms with van der Waals surface area (Å²) in [6.45, 7) is 1.04. The third-order valence-electron chi connectivity index (χ3n) is 4.26. The summed E-state index contributed by atoms with van der Waals surface area (Å²) in [6, 6.07) is 17.3. The van der Waals surface area contributed by atoms with Crippen molar-refractivity contribution in [1.82, 2.24) is 10.2 Å². The molecule has 0 aliphatic rings. The Morgan fingerprint density at radius 1 is 1.10 bits per heavy atom. The molecule has 2 N–H and O–H groups in total. The summed E-state index contributed by atoms with van der Waals surface area (Å²) in [5.41, 5.74) is 2.51. The molecule has 6 nitrogen and oxygen atoms in total. The second kappa shape index (κ2) is 11.3. The Bertz CT molecular complexity index is 992. The van der Waals surface area contributed by atoms with Crippen molar-refractivity contribution in [2.75, 3.05) is 19.4 Å². The average Bonchev–Trinajstić information content (AvgIpc) is 3.24. The molecule has 3 rings (SSSR count). The number of amides is 1. The predicted molar refractivity (Wildman–Crippen MR) is 127 cm³/mol. The largest absolute Gasteiger partial charge is 0.459 e. The standard InChI is InChI=1S/C22H23FN4O2.HI/c1-24-22(27(2)15-17-7-3-8-18(23)12-17)25-14-16-6-4-9-19(13-16)26-21(28)20-10-5-11-29-20;/h3-13H,14-15H2,1-2H3,(H,24,25)(H,26,28);1H. The van der Waals surface area contributed by atoms with Crippen LogP contribution in [0, 0.1) is 5.82 Å². The number of hydrogen-bond donors (Lipinski definition) is 2. The molecule has 8 heteroatoms. The van der Waals surface area contributed by atoms with Gasteiger partial charge in [-0.1, -0.05) is 24.3 Å². The van der Waals surface area contributed by atoms with Gasteiger partial charge in [0.05, 0.1) is 6.26 Å². The Labute approximate surface area is 192 Å². The van der Waals surface area contributed by atoms with E-state index in [1.807, 2.05) is 42.3 Å². The summed E-state index contributed by atoms with van der Waals surface area (Å²) < 4.78 is 18.5. The second-order valence-corrected chi connectivity index (χ2v) is 6.52. The molecule has 1 aromatic heterocycles. The number of rotatable bonds is 6. The van der Waals surface area contributed by atoms with Gasteiger partial charge in [-0.15, -0.1) is 24.0 Å². The van der Waals surface area contributed by atoms with Gasteiger partial charge < -0.3 is 20.0 Å². The molecule has 0 aliphatic carbocycles. The van der Waals surface area contributed by atoms with Crippen LogP contribution in [0.25, 0.3) is 0 Å². The smallest absolute Gasteiger partial charge is 0.291 e. The van der Waals surface area contributed by atoms with Crippen molar-refractivity contribution in [3.05, 3.63) is 89.6 Å². The van der Waals surface area contributed by atoms with E-state index in [4.69, 9.17) is 4.42 Å². The highest BCUT2D eigenvalue weighted by molar-refractivity contribution is 14.0. The molecular weight excluding hydrogens is 498 g/mol.